The number of hydrogen-bond acceptors (Lipinski definition) is 0. The summed E-state index contributed by atoms with van der Waals surface area (Å²) in [6, 6.07) is 38.5. The van der Waals surface area contributed by atoms with Crippen LogP contribution < -0.4 is 0 Å². The maximum Gasteiger partial charge on any atom is 0 e. The number of benzene rings is 4. The summed E-state index contributed by atoms with van der Waals surface area (Å²) < 4.78 is 0. The van der Waals surface area contributed by atoms with Crippen LogP contribution in [0.4, 0.5) is 0 Å². The van der Waals surface area contributed by atoms with Gasteiger partial charge in [-0.2, -0.15) is 24.6 Å². The zero-order valence-corrected chi connectivity index (χ0v) is 20.6. The Morgan fingerprint density at radius 2 is 1.10 bits per heavy atom. The Hall–Kier alpha value is -2.56. The van der Waals surface area contributed by atoms with E-state index in [0.717, 1.165) is 16.7 Å². The van der Waals surface area contributed by atoms with Gasteiger partial charge in [-0.1, -0.05) is 91.2 Å². The van der Waals surface area contributed by atoms with Gasteiger partial charge in [-0.05, 0) is 6.92 Å². The van der Waals surface area contributed by atoms with Crippen molar-refractivity contribution in [3.05, 3.63) is 135 Å². The normalized spacial score (nSPS) is 8.77. The van der Waals surface area contributed by atoms with Crippen molar-refractivity contribution in [3.63, 3.8) is 0 Å². The molecule has 0 fully saturated rings. The molecule has 4 rings (SSSR count). The molecule has 1 heteroatoms. The molecule has 0 atom stereocenters. The predicted molar refractivity (Wildman–Crippen MR) is 130 cm³/mol. The van der Waals surface area contributed by atoms with Crippen molar-refractivity contribution in [2.24, 2.45) is 0 Å². The smallest absolute Gasteiger partial charge is 0 e. The van der Waals surface area contributed by atoms with Crippen LogP contribution in [0.5, 0.6) is 0 Å². The Labute approximate surface area is 198 Å². The third kappa shape index (κ3) is 8.44. The van der Waals surface area contributed by atoms with Crippen LogP contribution in [0.2, 0.25) is 0 Å². The first-order valence-electron chi connectivity index (χ1n) is 9.75. The van der Waals surface area contributed by atoms with Crippen molar-refractivity contribution in [2.45, 2.75) is 20.8 Å². The molecule has 0 saturated heterocycles. The van der Waals surface area contributed by atoms with E-state index >= 15 is 0 Å². The van der Waals surface area contributed by atoms with Crippen LogP contribution in [0.1, 0.15) is 25.0 Å². The standard InChI is InChI=1S/C19H15.C7H7.C2H6.CH3.Pt/c1-15-8-5-6-13-19(15)18-12-7-11-17(14-18)16-9-3-2-4-10-16;1-7-5-3-2-4-6-7;1-2;;/h2-13H,1H3;2-6H,1H2;1-2H3;1H3;/q2*-1;;-1;. The summed E-state index contributed by atoms with van der Waals surface area (Å²) in [4.78, 5) is 0. The van der Waals surface area contributed by atoms with E-state index in [4.69, 9.17) is 0 Å². The molecule has 0 aliphatic heterocycles. The molecule has 0 nitrogen and oxygen atoms in total. The van der Waals surface area contributed by atoms with E-state index in [9.17, 15) is 0 Å². The quantitative estimate of drug-likeness (QED) is 0.211. The van der Waals surface area contributed by atoms with Gasteiger partial charge in [-0.25, -0.2) is 0 Å². The molecule has 0 aromatic heterocycles. The average Bonchev–Trinajstić information content (AvgIpc) is 2.77. The summed E-state index contributed by atoms with van der Waals surface area (Å²) in [5, 5.41) is 0. The first-order valence-corrected chi connectivity index (χ1v) is 9.75. The molecule has 0 spiro atoms. The van der Waals surface area contributed by atoms with Gasteiger partial charge in [0.15, 0.2) is 0 Å². The molecule has 0 aliphatic rings. The fraction of sp³-hybridized carbons (Fsp3) is 0.103. The summed E-state index contributed by atoms with van der Waals surface area (Å²) in [6.45, 7) is 9.86. The van der Waals surface area contributed by atoms with Crippen molar-refractivity contribution in [2.75, 3.05) is 0 Å². The average molecular weight is 575 g/mol. The molecule has 30 heavy (non-hydrogen) atoms. The minimum atomic E-state index is 0. The van der Waals surface area contributed by atoms with Gasteiger partial charge in [0.25, 0.3) is 0 Å². The van der Waals surface area contributed by atoms with E-state index in [-0.39, 0.29) is 28.5 Å². The van der Waals surface area contributed by atoms with Crippen molar-refractivity contribution in [1.82, 2.24) is 0 Å². The number of rotatable bonds is 2. The molecular weight excluding hydrogens is 543 g/mol. The van der Waals surface area contributed by atoms with Gasteiger partial charge < -0.3 is 7.43 Å². The molecule has 0 amide bonds. The topological polar surface area (TPSA) is 0 Å². The van der Waals surface area contributed by atoms with Crippen molar-refractivity contribution in [1.29, 1.82) is 0 Å². The molecule has 4 aromatic rings. The van der Waals surface area contributed by atoms with Crippen LogP contribution in [0.15, 0.2) is 103 Å². The van der Waals surface area contributed by atoms with Crippen LogP contribution in [0.3, 0.4) is 0 Å². The Kier molecular flexibility index (Phi) is 14.0. The van der Waals surface area contributed by atoms with Gasteiger partial charge in [0.1, 0.15) is 0 Å². The van der Waals surface area contributed by atoms with Crippen molar-refractivity contribution >= 4 is 0 Å². The number of aryl methyl sites for hydroxylation is 1. The first-order chi connectivity index (χ1) is 13.7. The maximum atomic E-state index is 3.72. The van der Waals surface area contributed by atoms with E-state index in [2.05, 4.69) is 86.6 Å². The Bertz CT molecular complexity index is 944. The largest absolute Gasteiger partial charge is 0.358 e. The first kappa shape index (κ1) is 27.4. The molecule has 160 valence electrons. The summed E-state index contributed by atoms with van der Waals surface area (Å²) in [6.07, 6.45) is 0. The molecule has 0 radical (unpaired) electrons. The Morgan fingerprint density at radius 3 is 1.63 bits per heavy atom. The molecule has 0 unspecified atom stereocenters. The Balaban J connectivity index is 0.000000652. The van der Waals surface area contributed by atoms with Gasteiger partial charge in [0, 0.05) is 21.1 Å². The number of hydrogen-bond donors (Lipinski definition) is 0. The van der Waals surface area contributed by atoms with E-state index < -0.39 is 0 Å². The molecule has 0 saturated carbocycles. The maximum absolute atomic E-state index is 3.72. The van der Waals surface area contributed by atoms with Gasteiger partial charge in [0.2, 0.25) is 0 Å². The van der Waals surface area contributed by atoms with Crippen molar-refractivity contribution < 1.29 is 21.1 Å². The van der Waals surface area contributed by atoms with Gasteiger partial charge in [-0.15, -0.1) is 47.5 Å². The summed E-state index contributed by atoms with van der Waals surface area (Å²) in [5.74, 6) is 0. The molecule has 0 aliphatic carbocycles. The molecule has 4 aromatic carbocycles. The second kappa shape index (κ2) is 15.3. The zero-order valence-electron chi connectivity index (χ0n) is 18.3. The fourth-order valence-electron chi connectivity index (χ4n) is 2.77. The minimum absolute atomic E-state index is 0. The molecule has 0 bridgehead atoms. The molecule has 0 N–H and O–H groups in total. The second-order valence-corrected chi connectivity index (χ2v) is 6.14. The van der Waals surface area contributed by atoms with Gasteiger partial charge >= 0.3 is 0 Å². The van der Waals surface area contributed by atoms with E-state index in [1.165, 1.54) is 16.7 Å². The van der Waals surface area contributed by atoms with Crippen LogP contribution in [-0.4, -0.2) is 0 Å². The van der Waals surface area contributed by atoms with E-state index in [1.54, 1.807) is 0 Å². The Morgan fingerprint density at radius 1 is 0.600 bits per heavy atom. The summed E-state index contributed by atoms with van der Waals surface area (Å²) in [7, 11) is 0. The third-order valence-corrected chi connectivity index (χ3v) is 4.16. The van der Waals surface area contributed by atoms with Crippen LogP contribution in [-0.2, 0) is 21.1 Å². The van der Waals surface area contributed by atoms with E-state index in [0.29, 0.717) is 0 Å². The minimum Gasteiger partial charge on any atom is -0.358 e. The van der Waals surface area contributed by atoms with Crippen molar-refractivity contribution in [3.8, 4) is 22.3 Å². The van der Waals surface area contributed by atoms with Crippen LogP contribution in [0.25, 0.3) is 22.3 Å². The monoisotopic (exact) mass is 574 g/mol. The third-order valence-electron chi connectivity index (χ3n) is 4.16. The fourth-order valence-corrected chi connectivity index (χ4v) is 2.77. The SMILES string of the molecule is CC.Cc1ccccc1-c1[c-]c(-c2ccccc2)ccc1.[CH2-]c1ccccc1.[CH3-].[Pt]. The molecule has 0 heterocycles. The predicted octanol–water partition coefficient (Wildman–Crippen LogP) is 8.47. The van der Waals surface area contributed by atoms with Crippen LogP contribution >= 0.6 is 0 Å². The van der Waals surface area contributed by atoms with E-state index in [1.807, 2.05) is 50.2 Å². The summed E-state index contributed by atoms with van der Waals surface area (Å²) in [5.41, 5.74) is 7.10. The molecular formula is C29H31Pt-3. The zero-order chi connectivity index (χ0) is 20.2. The van der Waals surface area contributed by atoms with Gasteiger partial charge in [-0.3, -0.25) is 0 Å². The van der Waals surface area contributed by atoms with Crippen LogP contribution in [0, 0.1) is 27.3 Å². The second-order valence-electron chi connectivity index (χ2n) is 6.14. The summed E-state index contributed by atoms with van der Waals surface area (Å²) >= 11 is 0. The van der Waals surface area contributed by atoms with Gasteiger partial charge in [0.05, 0.1) is 0 Å².